The molecule has 21 heteroatoms. The molecule has 1 N–H and O–H groups in total. The molecule has 0 heterocycles. The summed E-state index contributed by atoms with van der Waals surface area (Å²) >= 11 is 0. The number of ether oxygens (including phenoxy) is 1. The van der Waals surface area contributed by atoms with E-state index >= 15 is 0 Å². The Morgan fingerprint density at radius 1 is 0.491 bits per heavy atom. The highest BCUT2D eigenvalue weighted by molar-refractivity contribution is 5.79. The average molecular weight is 817 g/mol. The Kier molecular flexibility index (Phi) is 19.7. The van der Waals surface area contributed by atoms with E-state index in [1.807, 2.05) is 0 Å². The zero-order chi connectivity index (χ0) is 41.6. The molecular formula is C32H45F17O4. The summed E-state index contributed by atoms with van der Waals surface area (Å²) in [5.41, 5.74) is 0. The fourth-order valence-electron chi connectivity index (χ4n) is 5.19. The lowest BCUT2D eigenvalue weighted by Gasteiger charge is -2.42. The van der Waals surface area contributed by atoms with Gasteiger partial charge in [0.15, 0.2) is 0 Å². The van der Waals surface area contributed by atoms with Crippen molar-refractivity contribution in [3.8, 4) is 0 Å². The van der Waals surface area contributed by atoms with E-state index in [1.54, 1.807) is 0 Å². The van der Waals surface area contributed by atoms with Gasteiger partial charge in [0.1, 0.15) is 0 Å². The van der Waals surface area contributed by atoms with E-state index in [9.17, 15) is 84.2 Å². The summed E-state index contributed by atoms with van der Waals surface area (Å²) in [4.78, 5) is 23.2. The Balaban J connectivity index is 5.39. The number of halogens is 17. The molecule has 0 aliphatic rings. The number of carbonyl (C=O) groups is 2. The van der Waals surface area contributed by atoms with Crippen LogP contribution < -0.4 is 0 Å². The van der Waals surface area contributed by atoms with Gasteiger partial charge in [-0.3, -0.25) is 9.59 Å². The lowest BCUT2D eigenvalue weighted by Crippen LogP contribution is -2.73. The van der Waals surface area contributed by atoms with Gasteiger partial charge >= 0.3 is 59.8 Å². The van der Waals surface area contributed by atoms with Crippen LogP contribution >= 0.6 is 0 Å². The maximum absolute atomic E-state index is 14.2. The molecule has 4 nitrogen and oxygen atoms in total. The molecule has 0 aromatic heterocycles. The number of carbonyl (C=O) groups excluding carboxylic acids is 1. The van der Waals surface area contributed by atoms with Gasteiger partial charge in [-0.05, 0) is 6.42 Å². The molecule has 0 aromatic carbocycles. The molecular weight excluding hydrogens is 771 g/mol. The topological polar surface area (TPSA) is 63.6 Å². The molecule has 0 radical (unpaired) electrons. The standard InChI is InChI=1S/C32H45F17O4/c1-2-3-4-5-6-7-8-9-10-11-12-13-14-15-16-17-18-22(21-23(50)51)24(52)53-32(48,49)31(46,47)30(44,45)29(42,43)28(40,41)27(38,39)25(33,34)19-20-26(35,36)37/h22H,2-21H2,1H3,(H,50,51). The summed E-state index contributed by atoms with van der Waals surface area (Å²) in [6, 6.07) is 0. The van der Waals surface area contributed by atoms with Gasteiger partial charge in [0.05, 0.1) is 12.3 Å². The predicted octanol–water partition coefficient (Wildman–Crippen LogP) is 13.0. The van der Waals surface area contributed by atoms with Crippen LogP contribution in [-0.4, -0.2) is 64.9 Å². The molecule has 316 valence electrons. The van der Waals surface area contributed by atoms with Crippen LogP contribution in [0.3, 0.4) is 0 Å². The molecule has 0 fully saturated rings. The number of aliphatic carboxylic acids is 1. The number of carboxylic acids is 1. The van der Waals surface area contributed by atoms with E-state index < -0.39 is 91.4 Å². The minimum Gasteiger partial charge on any atom is -0.481 e. The molecule has 0 saturated heterocycles. The SMILES string of the molecule is CCCCCCCCCCCCCCCCCCC(CC(=O)O)C(=O)OC(F)(F)C(F)(F)C(F)(F)C(F)(F)C(F)(F)C(F)(F)C(F)(F)CCC(F)(F)F. The minimum absolute atomic E-state index is 0.161. The van der Waals surface area contributed by atoms with Crippen molar-refractivity contribution in [1.29, 1.82) is 0 Å². The molecule has 0 spiro atoms. The van der Waals surface area contributed by atoms with Crippen LogP contribution in [0.15, 0.2) is 0 Å². The highest BCUT2D eigenvalue weighted by atomic mass is 19.4. The lowest BCUT2D eigenvalue weighted by atomic mass is 9.89. The van der Waals surface area contributed by atoms with Gasteiger partial charge < -0.3 is 9.84 Å². The summed E-state index contributed by atoms with van der Waals surface area (Å²) in [5.74, 6) is -55.6. The van der Waals surface area contributed by atoms with Crippen molar-refractivity contribution in [3.63, 3.8) is 0 Å². The van der Waals surface area contributed by atoms with E-state index in [2.05, 4.69) is 11.7 Å². The summed E-state index contributed by atoms with van der Waals surface area (Å²) < 4.78 is 235. The van der Waals surface area contributed by atoms with Crippen LogP contribution in [0.1, 0.15) is 135 Å². The molecule has 0 bridgehead atoms. The Morgan fingerprint density at radius 3 is 1.19 bits per heavy atom. The predicted molar refractivity (Wildman–Crippen MR) is 156 cm³/mol. The van der Waals surface area contributed by atoms with Gasteiger partial charge in [0.25, 0.3) is 0 Å². The van der Waals surface area contributed by atoms with Gasteiger partial charge in [-0.2, -0.15) is 74.6 Å². The van der Waals surface area contributed by atoms with E-state index in [-0.39, 0.29) is 12.8 Å². The number of hydrogen-bond donors (Lipinski definition) is 1. The number of alkyl halides is 17. The molecule has 0 aliphatic heterocycles. The monoisotopic (exact) mass is 816 g/mol. The molecule has 0 aromatic rings. The molecule has 0 amide bonds. The summed E-state index contributed by atoms with van der Waals surface area (Å²) in [6.45, 7) is 2.13. The summed E-state index contributed by atoms with van der Waals surface area (Å²) in [6.07, 6.45) is -7.73. The van der Waals surface area contributed by atoms with Crippen molar-refractivity contribution in [2.24, 2.45) is 5.92 Å². The fourth-order valence-corrected chi connectivity index (χ4v) is 5.19. The van der Waals surface area contributed by atoms with Gasteiger partial charge in [-0.25, -0.2) is 0 Å². The van der Waals surface area contributed by atoms with E-state index in [0.717, 1.165) is 44.9 Å². The summed E-state index contributed by atoms with van der Waals surface area (Å²) in [5, 5.41) is 8.94. The zero-order valence-electron chi connectivity index (χ0n) is 28.8. The highest BCUT2D eigenvalue weighted by Gasteiger charge is 2.93. The quantitative estimate of drug-likeness (QED) is 0.0464. The van der Waals surface area contributed by atoms with Gasteiger partial charge in [0, 0.05) is 12.8 Å². The Labute approximate surface area is 295 Å². The third kappa shape index (κ3) is 14.1. The van der Waals surface area contributed by atoms with Crippen LogP contribution in [0, 0.1) is 5.92 Å². The first-order chi connectivity index (χ1) is 24.0. The van der Waals surface area contributed by atoms with Crippen LogP contribution in [0.5, 0.6) is 0 Å². The smallest absolute Gasteiger partial charge is 0.473 e. The maximum atomic E-state index is 14.2. The van der Waals surface area contributed by atoms with Crippen molar-refractivity contribution < 1.29 is 94.1 Å². The number of rotatable bonds is 29. The first-order valence-corrected chi connectivity index (χ1v) is 17.1. The zero-order valence-corrected chi connectivity index (χ0v) is 28.8. The van der Waals surface area contributed by atoms with Gasteiger partial charge in [0.2, 0.25) is 0 Å². The minimum atomic E-state index is -8.58. The van der Waals surface area contributed by atoms with Crippen molar-refractivity contribution in [2.75, 3.05) is 0 Å². The molecule has 1 atom stereocenters. The Hall–Kier alpha value is -2.25. The number of carboxylic acid groups (broad SMARTS) is 1. The highest BCUT2D eigenvalue weighted by Crippen LogP contribution is 2.63. The van der Waals surface area contributed by atoms with E-state index in [4.69, 9.17) is 5.11 Å². The van der Waals surface area contributed by atoms with Crippen LogP contribution in [0.2, 0.25) is 0 Å². The lowest BCUT2D eigenvalue weighted by molar-refractivity contribution is -0.461. The van der Waals surface area contributed by atoms with Gasteiger partial charge in [-0.15, -0.1) is 0 Å². The van der Waals surface area contributed by atoms with Crippen LogP contribution in [0.25, 0.3) is 0 Å². The third-order valence-corrected chi connectivity index (χ3v) is 8.51. The van der Waals surface area contributed by atoms with Crippen molar-refractivity contribution in [3.05, 3.63) is 0 Å². The van der Waals surface area contributed by atoms with Crippen molar-refractivity contribution >= 4 is 11.9 Å². The van der Waals surface area contributed by atoms with E-state index in [0.29, 0.717) is 12.8 Å². The van der Waals surface area contributed by atoms with Gasteiger partial charge in [-0.1, -0.05) is 110 Å². The number of esters is 1. The third-order valence-electron chi connectivity index (χ3n) is 8.51. The molecule has 0 saturated carbocycles. The van der Waals surface area contributed by atoms with Crippen LogP contribution in [0.4, 0.5) is 74.6 Å². The van der Waals surface area contributed by atoms with Crippen LogP contribution in [-0.2, 0) is 14.3 Å². The average Bonchev–Trinajstić information content (AvgIpc) is 3.01. The first kappa shape index (κ1) is 50.8. The number of unbranched alkanes of at least 4 members (excludes halogenated alkanes) is 15. The molecule has 53 heavy (non-hydrogen) atoms. The molecule has 0 rings (SSSR count). The Morgan fingerprint density at radius 2 is 0.830 bits per heavy atom. The second-order valence-electron chi connectivity index (χ2n) is 13.0. The molecule has 0 aliphatic carbocycles. The first-order valence-electron chi connectivity index (χ1n) is 17.1. The molecule has 1 unspecified atom stereocenters. The fraction of sp³-hybridized carbons (Fsp3) is 0.938. The normalized spacial score (nSPS) is 14.8. The second kappa shape index (κ2) is 20.6. The largest absolute Gasteiger partial charge is 0.481 e. The Bertz CT molecular complexity index is 1090. The van der Waals surface area contributed by atoms with Crippen molar-refractivity contribution in [2.45, 2.75) is 183 Å². The van der Waals surface area contributed by atoms with E-state index in [1.165, 1.54) is 32.1 Å². The number of hydrogen-bond acceptors (Lipinski definition) is 3. The summed E-state index contributed by atoms with van der Waals surface area (Å²) in [7, 11) is 0. The second-order valence-corrected chi connectivity index (χ2v) is 13.0. The maximum Gasteiger partial charge on any atom is 0.473 e. The van der Waals surface area contributed by atoms with Crippen molar-refractivity contribution in [1.82, 2.24) is 0 Å².